The Morgan fingerprint density at radius 1 is 0.920 bits per heavy atom. The molecule has 0 spiro atoms. The van der Waals surface area contributed by atoms with Gasteiger partial charge in [-0.1, -0.05) is 62.6 Å². The molecule has 1 N–H and O–H groups in total. The Bertz CT molecular complexity index is 737. The van der Waals surface area contributed by atoms with Crippen molar-refractivity contribution in [1.82, 2.24) is 20.2 Å². The van der Waals surface area contributed by atoms with Crippen LogP contribution in [0.25, 0.3) is 11.5 Å². The molecular weight excluding hydrogens is 308 g/mol. The number of H-pyrrole nitrogens is 1. The topological polar surface area (TPSA) is 54.5 Å². The van der Waals surface area contributed by atoms with Crippen molar-refractivity contribution >= 4 is 0 Å². The van der Waals surface area contributed by atoms with Crippen LogP contribution in [-0.4, -0.2) is 20.2 Å². The van der Waals surface area contributed by atoms with Crippen molar-refractivity contribution in [2.45, 2.75) is 51.4 Å². The molecule has 3 aromatic rings. The summed E-state index contributed by atoms with van der Waals surface area (Å²) in [6.45, 7) is 2.21. The van der Waals surface area contributed by atoms with Crippen molar-refractivity contribution in [3.8, 4) is 11.5 Å². The minimum absolute atomic E-state index is 0.402. The fourth-order valence-electron chi connectivity index (χ4n) is 3.02. The Hall–Kier alpha value is -2.49. The van der Waals surface area contributed by atoms with Gasteiger partial charge in [0, 0.05) is 12.1 Å². The van der Waals surface area contributed by atoms with E-state index in [-0.39, 0.29) is 0 Å². The minimum Gasteiger partial charge on any atom is -0.262 e. The molecule has 0 bridgehead atoms. The summed E-state index contributed by atoms with van der Waals surface area (Å²) in [7, 11) is 0. The van der Waals surface area contributed by atoms with Gasteiger partial charge >= 0.3 is 0 Å². The fourth-order valence-corrected chi connectivity index (χ4v) is 3.02. The van der Waals surface area contributed by atoms with E-state index >= 15 is 0 Å². The quantitative estimate of drug-likeness (QED) is 0.550. The third-order valence-corrected chi connectivity index (χ3v) is 4.56. The van der Waals surface area contributed by atoms with Gasteiger partial charge in [-0.15, -0.1) is 0 Å². The lowest BCUT2D eigenvalue weighted by Crippen LogP contribution is -1.97. The number of rotatable bonds is 9. The highest BCUT2D eigenvalue weighted by atomic mass is 15.2. The molecule has 0 fully saturated rings. The number of nitrogens with zero attached hydrogens (tertiary/aromatic N) is 3. The number of hydrogen-bond acceptors (Lipinski definition) is 3. The second-order valence-corrected chi connectivity index (χ2v) is 6.60. The summed E-state index contributed by atoms with van der Waals surface area (Å²) in [5.41, 5.74) is 2.26. The molecule has 25 heavy (non-hydrogen) atoms. The van der Waals surface area contributed by atoms with E-state index in [2.05, 4.69) is 57.4 Å². The summed E-state index contributed by atoms with van der Waals surface area (Å²) in [5.74, 6) is 2.05. The molecule has 0 aliphatic heterocycles. The van der Waals surface area contributed by atoms with Gasteiger partial charge in [-0.3, -0.25) is 10.1 Å². The Kier molecular flexibility index (Phi) is 6.32. The maximum absolute atomic E-state index is 4.61. The van der Waals surface area contributed by atoms with E-state index in [0.717, 1.165) is 17.9 Å². The van der Waals surface area contributed by atoms with Crippen molar-refractivity contribution in [2.24, 2.45) is 0 Å². The molecule has 0 aliphatic carbocycles. The second-order valence-electron chi connectivity index (χ2n) is 6.60. The molecular formula is C21H26N4. The van der Waals surface area contributed by atoms with Gasteiger partial charge in [0.1, 0.15) is 11.5 Å². The molecule has 2 heterocycles. The van der Waals surface area contributed by atoms with E-state index in [1.807, 2.05) is 18.2 Å². The predicted octanol–water partition coefficient (Wildman–Crippen LogP) is 5.16. The minimum atomic E-state index is 0.402. The van der Waals surface area contributed by atoms with Crippen LogP contribution < -0.4 is 0 Å². The summed E-state index contributed by atoms with van der Waals surface area (Å²) in [4.78, 5) is 8.90. The number of aryl methyl sites for hydroxylation is 1. The van der Waals surface area contributed by atoms with Crippen LogP contribution in [0.15, 0.2) is 54.7 Å². The van der Waals surface area contributed by atoms with E-state index < -0.39 is 0 Å². The van der Waals surface area contributed by atoms with Crippen molar-refractivity contribution < 1.29 is 0 Å². The lowest BCUT2D eigenvalue weighted by Gasteiger charge is -2.07. The van der Waals surface area contributed by atoms with Crippen molar-refractivity contribution in [1.29, 1.82) is 0 Å². The van der Waals surface area contributed by atoms with Gasteiger partial charge in [0.25, 0.3) is 0 Å². The standard InChI is InChI=1S/C21H26N4/c1-17(11-5-2-3-6-12-18-13-7-4-8-14-18)20-23-21(25-24-20)19-15-9-10-16-22-19/h4,7-10,13-17H,2-3,5-6,11-12H2,1H3,(H,23,24,25). The Morgan fingerprint density at radius 2 is 1.72 bits per heavy atom. The zero-order valence-electron chi connectivity index (χ0n) is 14.9. The molecule has 4 nitrogen and oxygen atoms in total. The summed E-state index contributed by atoms with van der Waals surface area (Å²) >= 11 is 0. The molecule has 0 radical (unpaired) electrons. The van der Waals surface area contributed by atoms with Crippen LogP contribution in [0.2, 0.25) is 0 Å². The van der Waals surface area contributed by atoms with Gasteiger partial charge in [-0.25, -0.2) is 4.98 Å². The Balaban J connectivity index is 1.37. The molecule has 1 aromatic carbocycles. The van der Waals surface area contributed by atoms with Gasteiger partial charge in [0.05, 0.1) is 0 Å². The molecule has 0 aliphatic rings. The van der Waals surface area contributed by atoms with Crippen LogP contribution in [0, 0.1) is 0 Å². The van der Waals surface area contributed by atoms with Crippen LogP contribution in [0.1, 0.15) is 56.3 Å². The average Bonchev–Trinajstić information content (AvgIpc) is 3.16. The number of unbranched alkanes of at least 4 members (excludes halogenated alkanes) is 3. The number of aromatic nitrogens is 4. The van der Waals surface area contributed by atoms with Gasteiger partial charge in [0.15, 0.2) is 5.82 Å². The first kappa shape index (κ1) is 17.3. The lowest BCUT2D eigenvalue weighted by atomic mass is 10.0. The molecule has 4 heteroatoms. The summed E-state index contributed by atoms with van der Waals surface area (Å²) in [6, 6.07) is 16.5. The number of pyridine rings is 1. The van der Waals surface area contributed by atoms with Crippen molar-refractivity contribution in [3.05, 3.63) is 66.1 Å². The highest BCUT2D eigenvalue weighted by Crippen LogP contribution is 2.21. The maximum Gasteiger partial charge on any atom is 0.199 e. The highest BCUT2D eigenvalue weighted by Gasteiger charge is 2.12. The largest absolute Gasteiger partial charge is 0.262 e. The normalized spacial score (nSPS) is 12.2. The third-order valence-electron chi connectivity index (χ3n) is 4.56. The number of nitrogens with one attached hydrogen (secondary N) is 1. The fraction of sp³-hybridized carbons (Fsp3) is 0.381. The van der Waals surface area contributed by atoms with E-state index in [1.54, 1.807) is 6.20 Å². The van der Waals surface area contributed by atoms with Crippen molar-refractivity contribution in [2.75, 3.05) is 0 Å². The summed E-state index contributed by atoms with van der Waals surface area (Å²) < 4.78 is 0. The average molecular weight is 334 g/mol. The first-order valence-electron chi connectivity index (χ1n) is 9.20. The molecule has 1 unspecified atom stereocenters. The van der Waals surface area contributed by atoms with E-state index in [0.29, 0.717) is 11.7 Å². The van der Waals surface area contributed by atoms with Gasteiger partial charge in [0.2, 0.25) is 0 Å². The Labute approximate surface area is 149 Å². The Morgan fingerprint density at radius 3 is 2.52 bits per heavy atom. The van der Waals surface area contributed by atoms with Crippen LogP contribution in [0.3, 0.4) is 0 Å². The van der Waals surface area contributed by atoms with Crippen LogP contribution in [-0.2, 0) is 6.42 Å². The van der Waals surface area contributed by atoms with Crippen LogP contribution in [0.4, 0.5) is 0 Å². The first-order valence-corrected chi connectivity index (χ1v) is 9.20. The van der Waals surface area contributed by atoms with Crippen LogP contribution >= 0.6 is 0 Å². The van der Waals surface area contributed by atoms with E-state index in [9.17, 15) is 0 Å². The smallest absolute Gasteiger partial charge is 0.199 e. The number of hydrogen-bond donors (Lipinski definition) is 1. The zero-order chi connectivity index (χ0) is 17.3. The summed E-state index contributed by atoms with van der Waals surface area (Å²) in [5, 5.41) is 7.38. The maximum atomic E-state index is 4.61. The van der Waals surface area contributed by atoms with E-state index in [4.69, 9.17) is 0 Å². The highest BCUT2D eigenvalue weighted by molar-refractivity contribution is 5.47. The molecule has 0 amide bonds. The molecule has 2 aromatic heterocycles. The molecule has 0 saturated heterocycles. The lowest BCUT2D eigenvalue weighted by molar-refractivity contribution is 0.555. The van der Waals surface area contributed by atoms with E-state index in [1.165, 1.54) is 37.7 Å². The SMILES string of the molecule is CC(CCCCCCc1ccccc1)c1nc(-c2ccccn2)n[nH]1. The molecule has 0 saturated carbocycles. The number of benzene rings is 1. The monoisotopic (exact) mass is 334 g/mol. The van der Waals surface area contributed by atoms with Gasteiger partial charge in [-0.2, -0.15) is 5.10 Å². The third kappa shape index (κ3) is 5.24. The van der Waals surface area contributed by atoms with Crippen LogP contribution in [0.5, 0.6) is 0 Å². The molecule has 3 rings (SSSR count). The zero-order valence-corrected chi connectivity index (χ0v) is 14.9. The molecule has 1 atom stereocenters. The number of aromatic amines is 1. The van der Waals surface area contributed by atoms with Crippen molar-refractivity contribution in [3.63, 3.8) is 0 Å². The summed E-state index contributed by atoms with van der Waals surface area (Å²) in [6.07, 6.45) is 9.16. The second kappa shape index (κ2) is 9.11. The molecule has 130 valence electrons. The van der Waals surface area contributed by atoms with Gasteiger partial charge in [-0.05, 0) is 37.0 Å². The predicted molar refractivity (Wildman–Crippen MR) is 101 cm³/mol. The first-order chi connectivity index (χ1) is 12.3. The van der Waals surface area contributed by atoms with Gasteiger partial charge < -0.3 is 0 Å².